The van der Waals surface area contributed by atoms with Crippen molar-refractivity contribution in [3.8, 4) is 0 Å². The molecule has 0 aliphatic heterocycles. The molecule has 0 bridgehead atoms. The van der Waals surface area contributed by atoms with Crippen LogP contribution in [0.15, 0.2) is 0 Å². The van der Waals surface area contributed by atoms with Gasteiger partial charge in [0.25, 0.3) is 0 Å². The van der Waals surface area contributed by atoms with E-state index in [1.807, 2.05) is 6.92 Å². The van der Waals surface area contributed by atoms with Crippen LogP contribution >= 0.6 is 0 Å². The third-order valence-corrected chi connectivity index (χ3v) is 6.54. The van der Waals surface area contributed by atoms with Crippen molar-refractivity contribution in [2.45, 2.75) is 194 Å². The number of aliphatic carboxylic acids is 2. The van der Waals surface area contributed by atoms with Crippen molar-refractivity contribution in [3.63, 3.8) is 0 Å². The molecular formula is C32H66O6. The Bertz CT molecular complexity index is 417. The van der Waals surface area contributed by atoms with E-state index in [0.29, 0.717) is 19.3 Å². The zero-order valence-electron chi connectivity index (χ0n) is 25.6. The fourth-order valence-electron chi connectivity index (χ4n) is 4.14. The van der Waals surface area contributed by atoms with Crippen LogP contribution in [0.25, 0.3) is 0 Å². The Morgan fingerprint density at radius 2 is 0.658 bits per heavy atom. The van der Waals surface area contributed by atoms with Gasteiger partial charge in [-0.3, -0.25) is 9.59 Å². The van der Waals surface area contributed by atoms with Gasteiger partial charge in [-0.2, -0.15) is 0 Å². The SMILES string of the molecule is CCCC(O)O.CCCCCCCCCCCCCC(=O)O.CCCCCCCCCCCCCC(=O)O. The Kier molecular flexibility index (Phi) is 41.4. The molecule has 38 heavy (non-hydrogen) atoms. The number of aliphatic hydroxyl groups excluding tert-OH is 1. The fraction of sp³-hybridized carbons (Fsp3) is 0.938. The molecule has 0 aromatic heterocycles. The number of carboxylic acids is 2. The summed E-state index contributed by atoms with van der Waals surface area (Å²) in [5.74, 6) is -1.31. The van der Waals surface area contributed by atoms with Gasteiger partial charge in [0.2, 0.25) is 0 Å². The van der Waals surface area contributed by atoms with Gasteiger partial charge in [0.1, 0.15) is 0 Å². The van der Waals surface area contributed by atoms with E-state index in [1.165, 1.54) is 116 Å². The number of hydrogen-bond donors (Lipinski definition) is 4. The van der Waals surface area contributed by atoms with E-state index in [9.17, 15) is 9.59 Å². The lowest BCUT2D eigenvalue weighted by Crippen LogP contribution is -2.01. The molecule has 0 atom stereocenters. The highest BCUT2D eigenvalue weighted by Crippen LogP contribution is 2.13. The topological polar surface area (TPSA) is 115 Å². The van der Waals surface area contributed by atoms with Gasteiger partial charge < -0.3 is 20.4 Å². The molecule has 0 heterocycles. The molecule has 0 saturated carbocycles. The molecule has 0 rings (SSSR count). The van der Waals surface area contributed by atoms with Crippen molar-refractivity contribution in [2.24, 2.45) is 0 Å². The van der Waals surface area contributed by atoms with E-state index in [2.05, 4.69) is 13.8 Å². The number of carboxylic acid groups (broad SMARTS) is 2. The van der Waals surface area contributed by atoms with Crippen molar-refractivity contribution in [1.82, 2.24) is 0 Å². The quantitative estimate of drug-likeness (QED) is 0.0634. The smallest absolute Gasteiger partial charge is 0.303 e. The number of carbonyl (C=O) groups is 2. The summed E-state index contributed by atoms with van der Waals surface area (Å²) in [5.41, 5.74) is 0. The molecule has 0 fully saturated rings. The molecule has 4 N–H and O–H groups in total. The maximum Gasteiger partial charge on any atom is 0.303 e. The average molecular weight is 547 g/mol. The normalized spacial score (nSPS) is 10.5. The maximum atomic E-state index is 10.3. The van der Waals surface area contributed by atoms with Gasteiger partial charge in [-0.25, -0.2) is 0 Å². The van der Waals surface area contributed by atoms with E-state index in [1.54, 1.807) is 0 Å². The highest BCUT2D eigenvalue weighted by atomic mass is 16.5. The lowest BCUT2D eigenvalue weighted by Gasteiger charge is -2.01. The Balaban J connectivity index is -0.000000532. The lowest BCUT2D eigenvalue weighted by atomic mass is 10.1. The minimum absolute atomic E-state index is 0.344. The minimum atomic E-state index is -1.10. The molecular weight excluding hydrogens is 480 g/mol. The van der Waals surface area contributed by atoms with Gasteiger partial charge in [0.15, 0.2) is 6.29 Å². The monoisotopic (exact) mass is 546 g/mol. The first kappa shape index (κ1) is 41.3. The Morgan fingerprint density at radius 3 is 0.816 bits per heavy atom. The molecule has 0 radical (unpaired) electrons. The van der Waals surface area contributed by atoms with E-state index < -0.39 is 18.2 Å². The Morgan fingerprint density at radius 1 is 0.421 bits per heavy atom. The van der Waals surface area contributed by atoms with Crippen molar-refractivity contribution in [1.29, 1.82) is 0 Å². The van der Waals surface area contributed by atoms with Gasteiger partial charge in [-0.1, -0.05) is 156 Å². The second-order valence-electron chi connectivity index (χ2n) is 10.6. The maximum absolute atomic E-state index is 10.3. The third kappa shape index (κ3) is 51.5. The summed E-state index contributed by atoms with van der Waals surface area (Å²) >= 11 is 0. The van der Waals surface area contributed by atoms with Gasteiger partial charge >= 0.3 is 11.9 Å². The Labute approximate surface area is 236 Å². The van der Waals surface area contributed by atoms with Gasteiger partial charge in [0, 0.05) is 12.8 Å². The molecule has 0 amide bonds. The van der Waals surface area contributed by atoms with Crippen molar-refractivity contribution < 1.29 is 30.0 Å². The van der Waals surface area contributed by atoms with Crippen molar-refractivity contribution >= 4 is 11.9 Å². The van der Waals surface area contributed by atoms with Gasteiger partial charge in [0.05, 0.1) is 0 Å². The number of rotatable bonds is 26. The largest absolute Gasteiger partial charge is 0.481 e. The van der Waals surface area contributed by atoms with Crippen LogP contribution in [0.2, 0.25) is 0 Å². The molecule has 6 heteroatoms. The van der Waals surface area contributed by atoms with Gasteiger partial charge in [-0.05, 0) is 19.3 Å². The standard InChI is InChI=1S/2C14H28O2.C4H10O2/c2*1-2-3-4-5-6-7-8-9-10-11-12-13-14(15)16;1-2-3-4(5)6/h2*2-13H2,1H3,(H,15,16);4-6H,2-3H2,1H3. The first-order valence-electron chi connectivity index (χ1n) is 16.1. The summed E-state index contributed by atoms with van der Waals surface area (Å²) in [4.78, 5) is 20.5. The fourth-order valence-corrected chi connectivity index (χ4v) is 4.14. The first-order valence-corrected chi connectivity index (χ1v) is 16.1. The molecule has 6 nitrogen and oxygen atoms in total. The van der Waals surface area contributed by atoms with Crippen LogP contribution in [0, 0.1) is 0 Å². The number of aliphatic hydroxyl groups is 2. The zero-order chi connectivity index (χ0) is 29.1. The predicted octanol–water partition coefficient (Wildman–Crippen LogP) is 9.64. The highest BCUT2D eigenvalue weighted by molar-refractivity contribution is 5.66. The highest BCUT2D eigenvalue weighted by Gasteiger charge is 1.98. The number of unbranched alkanes of at least 4 members (excludes halogenated alkanes) is 20. The lowest BCUT2D eigenvalue weighted by molar-refractivity contribution is -0.138. The van der Waals surface area contributed by atoms with Crippen LogP contribution < -0.4 is 0 Å². The number of hydrogen-bond acceptors (Lipinski definition) is 4. The van der Waals surface area contributed by atoms with Crippen LogP contribution in [0.5, 0.6) is 0 Å². The molecule has 0 spiro atoms. The molecule has 0 saturated heterocycles. The van der Waals surface area contributed by atoms with Crippen LogP contribution in [0.1, 0.15) is 188 Å². The zero-order valence-corrected chi connectivity index (χ0v) is 25.6. The molecule has 0 unspecified atom stereocenters. The Hall–Kier alpha value is -1.14. The molecule has 0 aliphatic carbocycles. The predicted molar refractivity (Wildman–Crippen MR) is 161 cm³/mol. The summed E-state index contributed by atoms with van der Waals surface area (Å²) in [7, 11) is 0. The molecule has 0 aliphatic rings. The summed E-state index contributed by atoms with van der Waals surface area (Å²) in [5, 5.41) is 33.1. The molecule has 0 aromatic carbocycles. The minimum Gasteiger partial charge on any atom is -0.481 e. The van der Waals surface area contributed by atoms with E-state index in [0.717, 1.165) is 32.1 Å². The van der Waals surface area contributed by atoms with Gasteiger partial charge in [-0.15, -0.1) is 0 Å². The summed E-state index contributed by atoms with van der Waals surface area (Å²) in [6.45, 7) is 6.40. The van der Waals surface area contributed by atoms with E-state index >= 15 is 0 Å². The summed E-state index contributed by atoms with van der Waals surface area (Å²) < 4.78 is 0. The summed E-state index contributed by atoms with van der Waals surface area (Å²) in [6, 6.07) is 0. The van der Waals surface area contributed by atoms with E-state index in [4.69, 9.17) is 20.4 Å². The second kappa shape index (κ2) is 38.0. The van der Waals surface area contributed by atoms with Crippen LogP contribution in [0.3, 0.4) is 0 Å². The second-order valence-corrected chi connectivity index (χ2v) is 10.6. The van der Waals surface area contributed by atoms with Crippen molar-refractivity contribution in [2.75, 3.05) is 0 Å². The van der Waals surface area contributed by atoms with Crippen LogP contribution in [0.4, 0.5) is 0 Å². The van der Waals surface area contributed by atoms with Crippen LogP contribution in [-0.2, 0) is 9.59 Å². The average Bonchev–Trinajstić information content (AvgIpc) is 2.86. The third-order valence-electron chi connectivity index (χ3n) is 6.54. The van der Waals surface area contributed by atoms with Crippen LogP contribution in [-0.4, -0.2) is 38.7 Å². The first-order chi connectivity index (χ1) is 18.3. The summed E-state index contributed by atoms with van der Waals surface area (Å²) in [6.07, 6.45) is 28.9. The van der Waals surface area contributed by atoms with Crippen molar-refractivity contribution in [3.05, 3.63) is 0 Å². The molecule has 0 aromatic rings. The molecule has 230 valence electrons. The van der Waals surface area contributed by atoms with E-state index in [-0.39, 0.29) is 0 Å².